The van der Waals surface area contributed by atoms with Crippen LogP contribution in [0, 0.1) is 0 Å². The maximum atomic E-state index is 13.1. The summed E-state index contributed by atoms with van der Waals surface area (Å²) < 4.78 is 38.9. The lowest BCUT2D eigenvalue weighted by molar-refractivity contribution is -0.122. The van der Waals surface area contributed by atoms with Gasteiger partial charge in [-0.3, -0.25) is 9.69 Å². The van der Waals surface area contributed by atoms with Crippen LogP contribution in [0.3, 0.4) is 0 Å². The normalized spacial score (nSPS) is 17.5. The summed E-state index contributed by atoms with van der Waals surface area (Å²) in [6, 6.07) is 14.8. The molecule has 0 atom stereocenters. The SMILES string of the molecule is O=C(CN1CCN(S(=O)(=O)c2ccc3c(c2)OCCCO3)CC1)NCCc1ccccc1. The maximum absolute atomic E-state index is 13.1. The van der Waals surface area contributed by atoms with E-state index in [-0.39, 0.29) is 17.3 Å². The van der Waals surface area contributed by atoms with Crippen LogP contribution in [0.5, 0.6) is 11.5 Å². The summed E-state index contributed by atoms with van der Waals surface area (Å²) in [7, 11) is -3.63. The lowest BCUT2D eigenvalue weighted by Crippen LogP contribution is -2.51. The molecule has 0 bridgehead atoms. The first kappa shape index (κ1) is 22.6. The third-order valence-electron chi connectivity index (χ3n) is 5.63. The van der Waals surface area contributed by atoms with Gasteiger partial charge in [0, 0.05) is 45.2 Å². The third-order valence-corrected chi connectivity index (χ3v) is 7.53. The smallest absolute Gasteiger partial charge is 0.243 e. The number of hydrogen-bond donors (Lipinski definition) is 1. The van der Waals surface area contributed by atoms with E-state index >= 15 is 0 Å². The highest BCUT2D eigenvalue weighted by molar-refractivity contribution is 7.89. The van der Waals surface area contributed by atoms with Gasteiger partial charge in [0.1, 0.15) is 0 Å². The summed E-state index contributed by atoms with van der Waals surface area (Å²) in [5.41, 5.74) is 1.18. The van der Waals surface area contributed by atoms with E-state index in [1.807, 2.05) is 35.2 Å². The molecular weight excluding hydrogens is 430 g/mol. The van der Waals surface area contributed by atoms with Crippen LogP contribution >= 0.6 is 0 Å². The van der Waals surface area contributed by atoms with E-state index in [1.54, 1.807) is 18.2 Å². The van der Waals surface area contributed by atoms with Crippen molar-refractivity contribution in [3.05, 3.63) is 54.1 Å². The van der Waals surface area contributed by atoms with Crippen molar-refractivity contribution in [1.29, 1.82) is 0 Å². The minimum Gasteiger partial charge on any atom is -0.490 e. The second-order valence-corrected chi connectivity index (χ2v) is 9.86. The maximum Gasteiger partial charge on any atom is 0.243 e. The Bertz CT molecular complexity index is 1020. The molecule has 9 heteroatoms. The lowest BCUT2D eigenvalue weighted by atomic mass is 10.1. The van der Waals surface area contributed by atoms with Crippen molar-refractivity contribution in [3.8, 4) is 11.5 Å². The summed E-state index contributed by atoms with van der Waals surface area (Å²) in [6.45, 7) is 3.62. The van der Waals surface area contributed by atoms with Crippen molar-refractivity contribution >= 4 is 15.9 Å². The molecule has 1 saturated heterocycles. The van der Waals surface area contributed by atoms with Crippen molar-refractivity contribution in [2.75, 3.05) is 52.5 Å². The standard InChI is InChI=1S/C23H29N3O5S/c27-23(24-10-9-19-5-2-1-3-6-19)18-25-11-13-26(14-12-25)32(28,29)20-7-8-21-22(17-20)31-16-4-15-30-21/h1-3,5-8,17H,4,9-16,18H2,(H,24,27). The van der Waals surface area contributed by atoms with Crippen molar-refractivity contribution in [1.82, 2.24) is 14.5 Å². The van der Waals surface area contributed by atoms with Crippen molar-refractivity contribution < 1.29 is 22.7 Å². The second kappa shape index (κ2) is 10.3. The van der Waals surface area contributed by atoms with E-state index in [0.717, 1.165) is 12.8 Å². The molecule has 1 N–H and O–H groups in total. The topological polar surface area (TPSA) is 88.2 Å². The Morgan fingerprint density at radius 1 is 0.938 bits per heavy atom. The predicted molar refractivity (Wildman–Crippen MR) is 120 cm³/mol. The summed E-state index contributed by atoms with van der Waals surface area (Å²) in [4.78, 5) is 14.4. The van der Waals surface area contributed by atoms with E-state index in [1.165, 1.54) is 9.87 Å². The number of carbonyl (C=O) groups excluding carboxylic acids is 1. The minimum atomic E-state index is -3.63. The minimum absolute atomic E-state index is 0.0415. The molecule has 0 spiro atoms. The van der Waals surface area contributed by atoms with E-state index in [2.05, 4.69) is 5.32 Å². The fraction of sp³-hybridized carbons (Fsp3) is 0.435. The molecule has 2 heterocycles. The number of amides is 1. The summed E-state index contributed by atoms with van der Waals surface area (Å²) in [5, 5.41) is 2.94. The fourth-order valence-corrected chi connectivity index (χ4v) is 5.27. The van der Waals surface area contributed by atoms with Crippen LogP contribution in [0.2, 0.25) is 0 Å². The zero-order valence-corrected chi connectivity index (χ0v) is 18.9. The van der Waals surface area contributed by atoms with Crippen molar-refractivity contribution in [2.45, 2.75) is 17.7 Å². The average molecular weight is 460 g/mol. The van der Waals surface area contributed by atoms with Gasteiger partial charge in [-0.05, 0) is 24.1 Å². The molecule has 8 nitrogen and oxygen atoms in total. The van der Waals surface area contributed by atoms with Crippen LogP contribution in [-0.2, 0) is 21.2 Å². The van der Waals surface area contributed by atoms with Gasteiger partial charge in [-0.25, -0.2) is 8.42 Å². The Labute approximate surface area is 189 Å². The van der Waals surface area contributed by atoms with Crippen LogP contribution < -0.4 is 14.8 Å². The molecule has 0 aliphatic carbocycles. The molecule has 0 radical (unpaired) electrons. The molecule has 172 valence electrons. The van der Waals surface area contributed by atoms with Crippen LogP contribution in [-0.4, -0.2) is 76.0 Å². The largest absolute Gasteiger partial charge is 0.490 e. The Morgan fingerprint density at radius 2 is 1.66 bits per heavy atom. The first-order valence-corrected chi connectivity index (χ1v) is 12.4. The molecular formula is C23H29N3O5S. The van der Waals surface area contributed by atoms with Crippen molar-refractivity contribution in [3.63, 3.8) is 0 Å². The first-order chi connectivity index (χ1) is 15.5. The van der Waals surface area contributed by atoms with Gasteiger partial charge in [0.2, 0.25) is 15.9 Å². The number of piperazine rings is 1. The molecule has 0 unspecified atom stereocenters. The second-order valence-electron chi connectivity index (χ2n) is 7.92. The van der Waals surface area contributed by atoms with Gasteiger partial charge in [0.05, 0.1) is 24.7 Å². The molecule has 2 aromatic carbocycles. The number of nitrogens with zero attached hydrogens (tertiary/aromatic N) is 2. The number of hydrogen-bond acceptors (Lipinski definition) is 6. The number of fused-ring (bicyclic) bond motifs is 1. The van der Waals surface area contributed by atoms with Gasteiger partial charge >= 0.3 is 0 Å². The molecule has 4 rings (SSSR count). The van der Waals surface area contributed by atoms with E-state index in [9.17, 15) is 13.2 Å². The average Bonchev–Trinajstić information content (AvgIpc) is 3.05. The monoisotopic (exact) mass is 459 g/mol. The Morgan fingerprint density at radius 3 is 2.41 bits per heavy atom. The number of ether oxygens (including phenoxy) is 2. The predicted octanol–water partition coefficient (Wildman–Crippen LogP) is 1.51. The molecule has 0 aromatic heterocycles. The Balaban J connectivity index is 1.26. The first-order valence-electron chi connectivity index (χ1n) is 11.0. The van der Waals surface area contributed by atoms with Gasteiger partial charge < -0.3 is 14.8 Å². The quantitative estimate of drug-likeness (QED) is 0.675. The van der Waals surface area contributed by atoms with Gasteiger partial charge in [-0.2, -0.15) is 4.31 Å². The number of carbonyl (C=O) groups is 1. The summed E-state index contributed by atoms with van der Waals surface area (Å²) >= 11 is 0. The number of benzene rings is 2. The van der Waals surface area contributed by atoms with Crippen LogP contribution in [0.4, 0.5) is 0 Å². The zero-order valence-electron chi connectivity index (χ0n) is 18.0. The highest BCUT2D eigenvalue weighted by atomic mass is 32.2. The van der Waals surface area contributed by atoms with E-state index in [4.69, 9.17) is 9.47 Å². The van der Waals surface area contributed by atoms with E-state index < -0.39 is 10.0 Å². The number of rotatable bonds is 7. The fourth-order valence-electron chi connectivity index (χ4n) is 3.83. The highest BCUT2D eigenvalue weighted by Crippen LogP contribution is 2.33. The van der Waals surface area contributed by atoms with Crippen molar-refractivity contribution in [2.24, 2.45) is 0 Å². The Kier molecular flexibility index (Phi) is 7.29. The van der Waals surface area contributed by atoms with Crippen LogP contribution in [0.15, 0.2) is 53.4 Å². The molecule has 0 saturated carbocycles. The summed E-state index contributed by atoms with van der Waals surface area (Å²) in [5.74, 6) is 0.999. The van der Waals surface area contributed by atoms with Crippen LogP contribution in [0.25, 0.3) is 0 Å². The molecule has 1 amide bonds. The lowest BCUT2D eigenvalue weighted by Gasteiger charge is -2.33. The van der Waals surface area contributed by atoms with E-state index in [0.29, 0.717) is 57.4 Å². The molecule has 2 aliphatic rings. The molecule has 2 aliphatic heterocycles. The Hall–Kier alpha value is -2.62. The van der Waals surface area contributed by atoms with Crippen LogP contribution in [0.1, 0.15) is 12.0 Å². The zero-order chi connectivity index (χ0) is 22.4. The molecule has 2 aromatic rings. The molecule has 1 fully saturated rings. The van der Waals surface area contributed by atoms with Gasteiger partial charge in [0.25, 0.3) is 0 Å². The summed E-state index contributed by atoms with van der Waals surface area (Å²) in [6.07, 6.45) is 1.55. The van der Waals surface area contributed by atoms with Gasteiger partial charge in [0.15, 0.2) is 11.5 Å². The number of nitrogens with one attached hydrogen (secondary N) is 1. The number of sulfonamides is 1. The third kappa shape index (κ3) is 5.59. The molecule has 32 heavy (non-hydrogen) atoms. The highest BCUT2D eigenvalue weighted by Gasteiger charge is 2.30. The van der Waals surface area contributed by atoms with Gasteiger partial charge in [-0.1, -0.05) is 30.3 Å². The van der Waals surface area contributed by atoms with Gasteiger partial charge in [-0.15, -0.1) is 0 Å².